The molecule has 66 valence electrons. The Bertz CT molecular complexity index is 117. The van der Waals surface area contributed by atoms with E-state index in [1.54, 1.807) is 0 Å². The molecule has 0 aromatic heterocycles. The predicted molar refractivity (Wildman–Crippen MR) is 46.3 cm³/mol. The summed E-state index contributed by atoms with van der Waals surface area (Å²) in [5, 5.41) is 9.87. The van der Waals surface area contributed by atoms with E-state index in [4.69, 9.17) is 0 Å². The predicted octanol–water partition coefficient (Wildman–Crippen LogP) is 1.59. The van der Waals surface area contributed by atoms with E-state index in [1.165, 1.54) is 19.3 Å². The first-order valence-corrected chi connectivity index (χ1v) is 4.64. The van der Waals surface area contributed by atoms with Crippen molar-refractivity contribution in [2.75, 3.05) is 13.1 Å². The molecule has 1 aliphatic rings. The SMILES string of the molecule is CCC(C)(O)N1CCCCC1. The minimum absolute atomic E-state index is 0.555. The van der Waals surface area contributed by atoms with E-state index in [1.807, 2.05) is 13.8 Å². The number of nitrogens with zero attached hydrogens (tertiary/aromatic N) is 1. The lowest BCUT2D eigenvalue weighted by Gasteiger charge is -2.38. The minimum atomic E-state index is -0.555. The van der Waals surface area contributed by atoms with Gasteiger partial charge in [0.2, 0.25) is 0 Å². The van der Waals surface area contributed by atoms with Crippen molar-refractivity contribution >= 4 is 0 Å². The van der Waals surface area contributed by atoms with E-state index in [0.717, 1.165) is 19.5 Å². The van der Waals surface area contributed by atoms with Crippen LogP contribution in [0, 0.1) is 0 Å². The zero-order valence-corrected chi connectivity index (χ0v) is 7.64. The largest absolute Gasteiger partial charge is 0.376 e. The van der Waals surface area contributed by atoms with Crippen molar-refractivity contribution in [3.8, 4) is 0 Å². The zero-order valence-electron chi connectivity index (χ0n) is 7.64. The van der Waals surface area contributed by atoms with Crippen molar-refractivity contribution in [1.82, 2.24) is 4.90 Å². The highest BCUT2D eigenvalue weighted by Crippen LogP contribution is 2.20. The lowest BCUT2D eigenvalue weighted by Crippen LogP contribution is -2.48. The van der Waals surface area contributed by atoms with Gasteiger partial charge in [-0.05, 0) is 26.2 Å². The molecule has 0 aromatic carbocycles. The van der Waals surface area contributed by atoms with Crippen molar-refractivity contribution in [2.45, 2.75) is 45.3 Å². The summed E-state index contributed by atoms with van der Waals surface area (Å²) in [4.78, 5) is 2.19. The van der Waals surface area contributed by atoms with Gasteiger partial charge in [0.05, 0.1) is 0 Å². The first-order chi connectivity index (χ1) is 5.17. The third-order valence-corrected chi connectivity index (χ3v) is 2.71. The van der Waals surface area contributed by atoms with E-state index in [9.17, 15) is 5.11 Å². The van der Waals surface area contributed by atoms with Crippen LogP contribution in [0.1, 0.15) is 39.5 Å². The third-order valence-electron chi connectivity index (χ3n) is 2.71. The molecule has 11 heavy (non-hydrogen) atoms. The van der Waals surface area contributed by atoms with Crippen LogP contribution in [0.5, 0.6) is 0 Å². The van der Waals surface area contributed by atoms with Crippen LogP contribution in [0.2, 0.25) is 0 Å². The van der Waals surface area contributed by atoms with Gasteiger partial charge in [0.25, 0.3) is 0 Å². The Morgan fingerprint density at radius 3 is 2.27 bits per heavy atom. The normalized spacial score (nSPS) is 26.5. The molecule has 0 saturated carbocycles. The van der Waals surface area contributed by atoms with E-state index in [-0.39, 0.29) is 0 Å². The molecule has 1 unspecified atom stereocenters. The summed E-state index contributed by atoms with van der Waals surface area (Å²) in [6.45, 7) is 6.09. The zero-order chi connectivity index (χ0) is 8.32. The highest BCUT2D eigenvalue weighted by molar-refractivity contribution is 4.75. The summed E-state index contributed by atoms with van der Waals surface area (Å²) in [6, 6.07) is 0. The van der Waals surface area contributed by atoms with Crippen molar-refractivity contribution in [3.63, 3.8) is 0 Å². The van der Waals surface area contributed by atoms with Crippen LogP contribution < -0.4 is 0 Å². The maximum atomic E-state index is 9.87. The molecule has 1 aliphatic heterocycles. The lowest BCUT2D eigenvalue weighted by molar-refractivity contribution is -0.104. The fraction of sp³-hybridized carbons (Fsp3) is 1.00. The quantitative estimate of drug-likeness (QED) is 0.658. The maximum absolute atomic E-state index is 9.87. The van der Waals surface area contributed by atoms with Gasteiger partial charge in [0, 0.05) is 13.1 Å². The van der Waals surface area contributed by atoms with Gasteiger partial charge in [-0.1, -0.05) is 13.3 Å². The molecule has 0 spiro atoms. The van der Waals surface area contributed by atoms with Crippen LogP contribution in [-0.4, -0.2) is 28.8 Å². The van der Waals surface area contributed by atoms with Gasteiger partial charge in [0.15, 0.2) is 0 Å². The smallest absolute Gasteiger partial charge is 0.115 e. The highest BCUT2D eigenvalue weighted by Gasteiger charge is 2.27. The molecule has 0 aliphatic carbocycles. The lowest BCUT2D eigenvalue weighted by atomic mass is 10.1. The van der Waals surface area contributed by atoms with Gasteiger partial charge in [-0.15, -0.1) is 0 Å². The van der Waals surface area contributed by atoms with Crippen molar-refractivity contribution < 1.29 is 5.11 Å². The second-order valence-corrected chi connectivity index (χ2v) is 3.62. The number of hydrogen-bond donors (Lipinski definition) is 1. The number of hydrogen-bond acceptors (Lipinski definition) is 2. The summed E-state index contributed by atoms with van der Waals surface area (Å²) in [6.07, 6.45) is 4.65. The standard InChI is InChI=1S/C9H19NO/c1-3-9(2,11)10-7-5-4-6-8-10/h11H,3-8H2,1-2H3. The first-order valence-electron chi connectivity index (χ1n) is 4.64. The molecule has 1 atom stereocenters. The molecule has 1 fully saturated rings. The number of likely N-dealkylation sites (tertiary alicyclic amines) is 1. The molecular weight excluding hydrogens is 138 g/mol. The minimum Gasteiger partial charge on any atom is -0.376 e. The Labute approximate surface area is 69.2 Å². The number of aliphatic hydroxyl groups is 1. The average molecular weight is 157 g/mol. The van der Waals surface area contributed by atoms with Crippen LogP contribution in [0.15, 0.2) is 0 Å². The van der Waals surface area contributed by atoms with E-state index in [2.05, 4.69) is 4.90 Å². The van der Waals surface area contributed by atoms with Gasteiger partial charge in [-0.2, -0.15) is 0 Å². The molecule has 1 N–H and O–H groups in total. The van der Waals surface area contributed by atoms with Crippen molar-refractivity contribution in [1.29, 1.82) is 0 Å². The molecule has 1 heterocycles. The van der Waals surface area contributed by atoms with Crippen LogP contribution in [-0.2, 0) is 0 Å². The van der Waals surface area contributed by atoms with Crippen LogP contribution >= 0.6 is 0 Å². The fourth-order valence-electron chi connectivity index (χ4n) is 1.60. The summed E-state index contributed by atoms with van der Waals surface area (Å²) in [5.41, 5.74) is -0.555. The Morgan fingerprint density at radius 1 is 1.27 bits per heavy atom. The Morgan fingerprint density at radius 2 is 1.82 bits per heavy atom. The third kappa shape index (κ3) is 2.17. The van der Waals surface area contributed by atoms with Gasteiger partial charge < -0.3 is 5.11 Å². The summed E-state index contributed by atoms with van der Waals surface area (Å²) >= 11 is 0. The molecule has 0 bridgehead atoms. The molecule has 0 amide bonds. The van der Waals surface area contributed by atoms with Crippen LogP contribution in [0.3, 0.4) is 0 Å². The van der Waals surface area contributed by atoms with Gasteiger partial charge in [0.1, 0.15) is 5.72 Å². The molecule has 1 saturated heterocycles. The van der Waals surface area contributed by atoms with E-state index >= 15 is 0 Å². The van der Waals surface area contributed by atoms with E-state index < -0.39 is 5.72 Å². The molecule has 2 heteroatoms. The molecular formula is C9H19NO. The molecule has 0 radical (unpaired) electrons. The second-order valence-electron chi connectivity index (χ2n) is 3.62. The molecule has 2 nitrogen and oxygen atoms in total. The molecule has 0 aromatic rings. The van der Waals surface area contributed by atoms with Gasteiger partial charge in [-0.25, -0.2) is 0 Å². The maximum Gasteiger partial charge on any atom is 0.115 e. The topological polar surface area (TPSA) is 23.5 Å². The second kappa shape index (κ2) is 3.55. The number of piperidine rings is 1. The summed E-state index contributed by atoms with van der Waals surface area (Å²) < 4.78 is 0. The number of rotatable bonds is 2. The summed E-state index contributed by atoms with van der Waals surface area (Å²) in [5.74, 6) is 0. The highest BCUT2D eigenvalue weighted by atomic mass is 16.3. The van der Waals surface area contributed by atoms with E-state index in [0.29, 0.717) is 0 Å². The van der Waals surface area contributed by atoms with Gasteiger partial charge >= 0.3 is 0 Å². The van der Waals surface area contributed by atoms with Crippen molar-refractivity contribution in [3.05, 3.63) is 0 Å². The molecule has 1 rings (SSSR count). The van der Waals surface area contributed by atoms with Crippen molar-refractivity contribution in [2.24, 2.45) is 0 Å². The fourth-order valence-corrected chi connectivity index (χ4v) is 1.60. The first kappa shape index (κ1) is 9.01. The Balaban J connectivity index is 2.43. The average Bonchev–Trinajstić information content (AvgIpc) is 2.06. The van der Waals surface area contributed by atoms with Gasteiger partial charge in [-0.3, -0.25) is 4.90 Å². The Hall–Kier alpha value is -0.0800. The van der Waals surface area contributed by atoms with Crippen LogP contribution in [0.4, 0.5) is 0 Å². The monoisotopic (exact) mass is 157 g/mol. The summed E-state index contributed by atoms with van der Waals surface area (Å²) in [7, 11) is 0. The van der Waals surface area contributed by atoms with Crippen LogP contribution in [0.25, 0.3) is 0 Å². The Kier molecular flexibility index (Phi) is 2.90.